The number of aromatic nitrogens is 1. The van der Waals surface area contributed by atoms with E-state index in [0.29, 0.717) is 22.4 Å². The number of pyridine rings is 1. The average Bonchev–Trinajstić information content (AvgIpc) is 3.09. The van der Waals surface area contributed by atoms with Crippen LogP contribution in [0.4, 0.5) is 5.69 Å². The van der Waals surface area contributed by atoms with E-state index < -0.39 is 17.8 Å². The maximum atomic E-state index is 12.7. The Bertz CT molecular complexity index is 1250. The lowest BCUT2D eigenvalue weighted by Crippen LogP contribution is -2.44. The molecule has 1 saturated heterocycles. The Balaban J connectivity index is 1.42. The number of amides is 2. The molecule has 1 aromatic heterocycles. The van der Waals surface area contributed by atoms with Gasteiger partial charge in [0.05, 0.1) is 23.4 Å². The van der Waals surface area contributed by atoms with Gasteiger partial charge in [0.25, 0.3) is 11.8 Å². The van der Waals surface area contributed by atoms with E-state index in [1.165, 1.54) is 6.07 Å². The van der Waals surface area contributed by atoms with E-state index in [4.69, 9.17) is 0 Å². The summed E-state index contributed by atoms with van der Waals surface area (Å²) in [5, 5.41) is 9.60. The number of likely N-dealkylation sites (N-methyl/N-ethyl adjacent to an activating group) is 1. The van der Waals surface area contributed by atoms with E-state index in [9.17, 15) is 19.5 Å². The topological polar surface area (TPSA) is 94.0 Å². The molecule has 5 rings (SSSR count). The molecule has 0 spiro atoms. The molecular formula is C26H24N4O4. The Morgan fingerprint density at radius 2 is 1.50 bits per heavy atom. The van der Waals surface area contributed by atoms with Crippen LogP contribution in [-0.4, -0.2) is 70.9 Å². The largest absolute Gasteiger partial charge is 0.477 e. The second-order valence-corrected chi connectivity index (χ2v) is 8.62. The van der Waals surface area contributed by atoms with E-state index in [-0.39, 0.29) is 12.2 Å². The van der Waals surface area contributed by atoms with Crippen molar-refractivity contribution in [3.05, 3.63) is 83.2 Å². The second kappa shape index (κ2) is 8.72. The van der Waals surface area contributed by atoms with E-state index >= 15 is 0 Å². The van der Waals surface area contributed by atoms with Crippen LogP contribution in [0, 0.1) is 0 Å². The zero-order chi connectivity index (χ0) is 23.8. The number of hydrogen-bond donors (Lipinski definition) is 1. The number of carboxylic acid groups (broad SMARTS) is 1. The third-order valence-electron chi connectivity index (χ3n) is 6.36. The number of nitrogens with zero attached hydrogens (tertiary/aromatic N) is 4. The molecule has 8 nitrogen and oxygen atoms in total. The number of piperazine rings is 1. The summed E-state index contributed by atoms with van der Waals surface area (Å²) in [5.41, 5.74) is 3.54. The van der Waals surface area contributed by atoms with Gasteiger partial charge in [-0.15, -0.1) is 0 Å². The number of carbonyl (C=O) groups excluding carboxylic acids is 2. The van der Waals surface area contributed by atoms with Gasteiger partial charge in [-0.25, -0.2) is 9.78 Å². The first kappa shape index (κ1) is 21.8. The number of aromatic carboxylic acids is 1. The average molecular weight is 457 g/mol. The summed E-state index contributed by atoms with van der Waals surface area (Å²) in [7, 11) is 2.11. The quantitative estimate of drug-likeness (QED) is 0.590. The molecule has 1 N–H and O–H groups in total. The van der Waals surface area contributed by atoms with Gasteiger partial charge in [0.1, 0.15) is 5.69 Å². The van der Waals surface area contributed by atoms with Crippen molar-refractivity contribution in [1.29, 1.82) is 0 Å². The van der Waals surface area contributed by atoms with Crippen molar-refractivity contribution >= 4 is 23.5 Å². The van der Waals surface area contributed by atoms with Gasteiger partial charge < -0.3 is 14.9 Å². The van der Waals surface area contributed by atoms with Crippen LogP contribution in [0.2, 0.25) is 0 Å². The molecule has 3 heterocycles. The molecule has 2 aromatic carbocycles. The minimum Gasteiger partial charge on any atom is -0.477 e. The molecular weight excluding hydrogens is 432 g/mol. The lowest BCUT2D eigenvalue weighted by molar-refractivity contribution is 0.0640. The molecule has 3 aromatic rings. The van der Waals surface area contributed by atoms with Crippen molar-refractivity contribution < 1.29 is 19.5 Å². The number of hydrogen-bond acceptors (Lipinski definition) is 6. The van der Waals surface area contributed by atoms with Crippen molar-refractivity contribution in [2.45, 2.75) is 6.54 Å². The number of carbonyl (C=O) groups is 3. The Morgan fingerprint density at radius 3 is 2.09 bits per heavy atom. The van der Waals surface area contributed by atoms with Crippen LogP contribution in [0.5, 0.6) is 0 Å². The molecule has 0 aliphatic carbocycles. The Morgan fingerprint density at radius 1 is 0.882 bits per heavy atom. The van der Waals surface area contributed by atoms with Gasteiger partial charge in [0.2, 0.25) is 0 Å². The van der Waals surface area contributed by atoms with Gasteiger partial charge in [-0.3, -0.25) is 14.5 Å². The second-order valence-electron chi connectivity index (χ2n) is 8.62. The number of rotatable bonds is 5. The van der Waals surface area contributed by atoms with Gasteiger partial charge in [0.15, 0.2) is 0 Å². The first-order valence-electron chi connectivity index (χ1n) is 11.1. The van der Waals surface area contributed by atoms with Gasteiger partial charge in [-0.1, -0.05) is 24.3 Å². The van der Waals surface area contributed by atoms with Gasteiger partial charge in [-0.05, 0) is 54.6 Å². The van der Waals surface area contributed by atoms with Crippen LogP contribution in [0.25, 0.3) is 11.1 Å². The lowest BCUT2D eigenvalue weighted by atomic mass is 10.0. The molecule has 0 atom stereocenters. The fourth-order valence-corrected chi connectivity index (χ4v) is 4.42. The van der Waals surface area contributed by atoms with Gasteiger partial charge >= 0.3 is 5.97 Å². The molecule has 0 bridgehead atoms. The highest BCUT2D eigenvalue weighted by molar-refractivity contribution is 6.21. The number of imide groups is 1. The van der Waals surface area contributed by atoms with E-state index in [0.717, 1.165) is 42.3 Å². The molecule has 2 aliphatic rings. The molecule has 172 valence electrons. The third kappa shape index (κ3) is 4.04. The molecule has 0 unspecified atom stereocenters. The third-order valence-corrected chi connectivity index (χ3v) is 6.36. The Labute approximate surface area is 197 Å². The SMILES string of the molecule is CN1CCN(c2ccc(-c3cc(CN4C(=O)c5ccccc5C4=O)nc(C(=O)O)c3)cc2)CC1. The Hall–Kier alpha value is -4.04. The molecule has 2 aliphatic heterocycles. The summed E-state index contributed by atoms with van der Waals surface area (Å²) in [6, 6.07) is 17.9. The zero-order valence-electron chi connectivity index (χ0n) is 18.8. The standard InChI is InChI=1S/C26H24N4O4/c1-28-10-12-29(13-11-28)20-8-6-17(7-9-20)18-14-19(27-23(15-18)26(33)34)16-30-24(31)21-4-2-3-5-22(21)25(30)32/h2-9,14-15H,10-13,16H2,1H3,(H,33,34). The van der Waals surface area contributed by atoms with E-state index in [1.807, 2.05) is 24.3 Å². The highest BCUT2D eigenvalue weighted by Crippen LogP contribution is 2.28. The van der Waals surface area contributed by atoms with Gasteiger partial charge in [-0.2, -0.15) is 0 Å². The normalized spacial score (nSPS) is 16.1. The summed E-state index contributed by atoms with van der Waals surface area (Å²) in [5.74, 6) is -1.97. The number of anilines is 1. The maximum absolute atomic E-state index is 12.7. The summed E-state index contributed by atoms with van der Waals surface area (Å²) < 4.78 is 0. The molecule has 8 heteroatoms. The number of benzene rings is 2. The summed E-state index contributed by atoms with van der Waals surface area (Å²) in [6.07, 6.45) is 0. The smallest absolute Gasteiger partial charge is 0.354 e. The van der Waals surface area contributed by atoms with Crippen LogP contribution < -0.4 is 4.90 Å². The maximum Gasteiger partial charge on any atom is 0.354 e. The monoisotopic (exact) mass is 456 g/mol. The van der Waals surface area contributed by atoms with Crippen LogP contribution in [-0.2, 0) is 6.54 Å². The van der Waals surface area contributed by atoms with Crippen molar-refractivity contribution in [1.82, 2.24) is 14.8 Å². The fraction of sp³-hybridized carbons (Fsp3) is 0.231. The highest BCUT2D eigenvalue weighted by Gasteiger charge is 2.35. The van der Waals surface area contributed by atoms with Crippen molar-refractivity contribution in [3.8, 4) is 11.1 Å². The van der Waals surface area contributed by atoms with Crippen LogP contribution in [0.15, 0.2) is 60.7 Å². The first-order valence-corrected chi connectivity index (χ1v) is 11.1. The molecule has 34 heavy (non-hydrogen) atoms. The summed E-state index contributed by atoms with van der Waals surface area (Å²) >= 11 is 0. The Kier molecular flexibility index (Phi) is 5.59. The molecule has 0 saturated carbocycles. The lowest BCUT2D eigenvalue weighted by Gasteiger charge is -2.34. The zero-order valence-corrected chi connectivity index (χ0v) is 18.8. The minimum absolute atomic E-state index is 0.0974. The van der Waals surface area contributed by atoms with Crippen molar-refractivity contribution in [2.75, 3.05) is 38.1 Å². The summed E-state index contributed by atoms with van der Waals surface area (Å²) in [6.45, 7) is 3.84. The predicted molar refractivity (Wildman–Crippen MR) is 127 cm³/mol. The minimum atomic E-state index is -1.17. The van der Waals surface area contributed by atoms with Crippen LogP contribution in [0.3, 0.4) is 0 Å². The summed E-state index contributed by atoms with van der Waals surface area (Å²) in [4.78, 5) is 47.2. The molecule has 0 radical (unpaired) electrons. The van der Waals surface area contributed by atoms with Crippen molar-refractivity contribution in [2.24, 2.45) is 0 Å². The molecule has 1 fully saturated rings. The van der Waals surface area contributed by atoms with E-state index in [2.05, 4.69) is 21.8 Å². The first-order chi connectivity index (χ1) is 16.4. The van der Waals surface area contributed by atoms with Crippen LogP contribution in [0.1, 0.15) is 36.9 Å². The van der Waals surface area contributed by atoms with E-state index in [1.54, 1.807) is 30.3 Å². The van der Waals surface area contributed by atoms with Crippen molar-refractivity contribution in [3.63, 3.8) is 0 Å². The molecule has 2 amide bonds. The van der Waals surface area contributed by atoms with Gasteiger partial charge in [0, 0.05) is 31.9 Å². The number of carboxylic acids is 1. The van der Waals surface area contributed by atoms with Crippen LogP contribution >= 0.6 is 0 Å². The predicted octanol–water partition coefficient (Wildman–Crippen LogP) is 2.99. The fourth-order valence-electron chi connectivity index (χ4n) is 4.42. The highest BCUT2D eigenvalue weighted by atomic mass is 16.4. The number of fused-ring (bicyclic) bond motifs is 1.